The first-order valence-corrected chi connectivity index (χ1v) is 9.46. The van der Waals surface area contributed by atoms with Crippen LogP contribution in [0.1, 0.15) is 36.3 Å². The van der Waals surface area contributed by atoms with Gasteiger partial charge in [-0.05, 0) is 23.1 Å². The molecule has 0 aliphatic heterocycles. The Bertz CT molecular complexity index is 886. The van der Waals surface area contributed by atoms with Gasteiger partial charge >= 0.3 is 0 Å². The van der Waals surface area contributed by atoms with Crippen LogP contribution >= 0.6 is 0 Å². The number of methoxy groups -OCH3 is 1. The molecule has 1 aromatic heterocycles. The van der Waals surface area contributed by atoms with E-state index < -0.39 is 0 Å². The summed E-state index contributed by atoms with van der Waals surface area (Å²) in [6.07, 6.45) is 2.63. The SMILES string of the molecule is COCCNC(=O)C[C@H](c1cn(C)c2ccccc12)[C@@H](C)c1ccccc1. The minimum atomic E-state index is 0.0627. The molecule has 0 radical (unpaired) electrons. The summed E-state index contributed by atoms with van der Waals surface area (Å²) >= 11 is 0. The molecular weight excluding hydrogens is 336 g/mol. The highest BCUT2D eigenvalue weighted by Crippen LogP contribution is 2.39. The van der Waals surface area contributed by atoms with E-state index in [0.717, 1.165) is 0 Å². The molecule has 0 fully saturated rings. The van der Waals surface area contributed by atoms with Crippen LogP contribution in [0.3, 0.4) is 0 Å². The van der Waals surface area contributed by atoms with E-state index >= 15 is 0 Å². The van der Waals surface area contributed by atoms with Gasteiger partial charge in [-0.2, -0.15) is 0 Å². The van der Waals surface area contributed by atoms with Gasteiger partial charge in [-0.25, -0.2) is 0 Å². The van der Waals surface area contributed by atoms with Crippen LogP contribution in [0.15, 0.2) is 60.8 Å². The predicted molar refractivity (Wildman–Crippen MR) is 110 cm³/mol. The number of aryl methyl sites for hydroxylation is 1. The van der Waals surface area contributed by atoms with Gasteiger partial charge in [0, 0.05) is 50.1 Å². The van der Waals surface area contributed by atoms with Crippen molar-refractivity contribution in [1.82, 2.24) is 9.88 Å². The molecule has 142 valence electrons. The first-order chi connectivity index (χ1) is 13.1. The standard InChI is InChI=1S/C23H28N2O2/c1-17(18-9-5-4-6-10-18)20(15-23(26)24-13-14-27-3)21-16-25(2)22-12-8-7-11-19(21)22/h4-12,16-17,20H,13-15H2,1-3H3,(H,24,26)/t17-,20-/m0/s1. The number of para-hydroxylation sites is 1. The summed E-state index contributed by atoms with van der Waals surface area (Å²) in [6, 6.07) is 18.8. The maximum atomic E-state index is 12.6. The van der Waals surface area contributed by atoms with Gasteiger partial charge in [-0.15, -0.1) is 0 Å². The Morgan fingerprint density at radius 3 is 2.56 bits per heavy atom. The van der Waals surface area contributed by atoms with E-state index in [2.05, 4.69) is 78.6 Å². The molecule has 1 N–H and O–H groups in total. The molecule has 3 rings (SSSR count). The number of carbonyl (C=O) groups is 1. The molecule has 2 aromatic carbocycles. The second kappa shape index (κ2) is 8.87. The van der Waals surface area contributed by atoms with Crippen molar-refractivity contribution in [2.24, 2.45) is 7.05 Å². The number of ether oxygens (including phenoxy) is 1. The summed E-state index contributed by atoms with van der Waals surface area (Å²) in [5.41, 5.74) is 3.67. The molecule has 0 aliphatic carbocycles. The Balaban J connectivity index is 1.95. The number of benzene rings is 2. The number of nitrogens with zero attached hydrogens (tertiary/aromatic N) is 1. The van der Waals surface area contributed by atoms with Crippen LogP contribution in [0, 0.1) is 0 Å². The molecule has 2 atom stereocenters. The minimum Gasteiger partial charge on any atom is -0.383 e. The van der Waals surface area contributed by atoms with Crippen LogP contribution in [0.2, 0.25) is 0 Å². The fourth-order valence-electron chi connectivity index (χ4n) is 3.78. The number of amides is 1. The molecule has 3 aromatic rings. The van der Waals surface area contributed by atoms with Gasteiger partial charge in [0.15, 0.2) is 0 Å². The van der Waals surface area contributed by atoms with Crippen LogP contribution in [-0.4, -0.2) is 30.7 Å². The van der Waals surface area contributed by atoms with Crippen molar-refractivity contribution in [1.29, 1.82) is 0 Å². The molecule has 0 bridgehead atoms. The van der Waals surface area contributed by atoms with E-state index in [1.807, 2.05) is 6.07 Å². The van der Waals surface area contributed by atoms with E-state index in [1.165, 1.54) is 22.0 Å². The highest BCUT2D eigenvalue weighted by atomic mass is 16.5. The molecule has 27 heavy (non-hydrogen) atoms. The fraction of sp³-hybridized carbons (Fsp3) is 0.348. The van der Waals surface area contributed by atoms with Gasteiger partial charge in [0.2, 0.25) is 5.91 Å². The van der Waals surface area contributed by atoms with Crippen molar-refractivity contribution >= 4 is 16.8 Å². The normalized spacial score (nSPS) is 13.4. The maximum Gasteiger partial charge on any atom is 0.220 e. The lowest BCUT2D eigenvalue weighted by molar-refractivity contribution is -0.121. The van der Waals surface area contributed by atoms with Gasteiger partial charge in [-0.1, -0.05) is 55.5 Å². The molecule has 0 aliphatic rings. The highest BCUT2D eigenvalue weighted by Gasteiger charge is 2.26. The number of hydrogen-bond acceptors (Lipinski definition) is 2. The first-order valence-electron chi connectivity index (χ1n) is 9.46. The van der Waals surface area contributed by atoms with Crippen LogP contribution < -0.4 is 5.32 Å². The van der Waals surface area contributed by atoms with E-state index in [1.54, 1.807) is 7.11 Å². The zero-order chi connectivity index (χ0) is 19.2. The zero-order valence-electron chi connectivity index (χ0n) is 16.3. The topological polar surface area (TPSA) is 43.3 Å². The van der Waals surface area contributed by atoms with E-state index in [-0.39, 0.29) is 17.7 Å². The van der Waals surface area contributed by atoms with Crippen LogP contribution in [0.4, 0.5) is 0 Å². The zero-order valence-corrected chi connectivity index (χ0v) is 16.3. The average Bonchev–Trinajstić information content (AvgIpc) is 3.03. The smallest absolute Gasteiger partial charge is 0.220 e. The molecule has 1 amide bonds. The lowest BCUT2D eigenvalue weighted by Crippen LogP contribution is -2.29. The van der Waals surface area contributed by atoms with Crippen LogP contribution in [0.5, 0.6) is 0 Å². The molecule has 1 heterocycles. The average molecular weight is 364 g/mol. The maximum absolute atomic E-state index is 12.6. The second-order valence-electron chi connectivity index (χ2n) is 7.07. The number of nitrogens with one attached hydrogen (secondary N) is 1. The van der Waals surface area contributed by atoms with Crippen molar-refractivity contribution in [2.45, 2.75) is 25.2 Å². The Hall–Kier alpha value is -2.59. The molecule has 0 saturated heterocycles. The lowest BCUT2D eigenvalue weighted by Gasteiger charge is -2.24. The summed E-state index contributed by atoms with van der Waals surface area (Å²) in [7, 11) is 3.71. The number of carbonyl (C=O) groups excluding carboxylic acids is 1. The number of aromatic nitrogens is 1. The van der Waals surface area contributed by atoms with E-state index in [4.69, 9.17) is 4.74 Å². The third-order valence-electron chi connectivity index (χ3n) is 5.29. The minimum absolute atomic E-state index is 0.0627. The largest absolute Gasteiger partial charge is 0.383 e. The van der Waals surface area contributed by atoms with Crippen molar-refractivity contribution in [3.8, 4) is 0 Å². The molecule has 4 heteroatoms. The molecule has 0 spiro atoms. The summed E-state index contributed by atoms with van der Waals surface area (Å²) in [4.78, 5) is 12.6. The molecule has 4 nitrogen and oxygen atoms in total. The summed E-state index contributed by atoms with van der Waals surface area (Å²) in [5, 5.41) is 4.19. The first kappa shape index (κ1) is 19.2. The van der Waals surface area contributed by atoms with Gasteiger partial charge < -0.3 is 14.6 Å². The second-order valence-corrected chi connectivity index (χ2v) is 7.07. The Kier molecular flexibility index (Phi) is 6.30. The van der Waals surface area contributed by atoms with Gasteiger partial charge in [0.05, 0.1) is 6.61 Å². The third-order valence-corrected chi connectivity index (χ3v) is 5.29. The number of fused-ring (bicyclic) bond motifs is 1. The van der Waals surface area contributed by atoms with Gasteiger partial charge in [0.25, 0.3) is 0 Å². The van der Waals surface area contributed by atoms with Crippen molar-refractivity contribution in [3.63, 3.8) is 0 Å². The third kappa shape index (κ3) is 4.40. The summed E-state index contributed by atoms with van der Waals surface area (Å²) in [5.74, 6) is 0.388. The van der Waals surface area contributed by atoms with Crippen molar-refractivity contribution < 1.29 is 9.53 Å². The van der Waals surface area contributed by atoms with Gasteiger partial charge in [0.1, 0.15) is 0 Å². The molecule has 0 unspecified atom stereocenters. The monoisotopic (exact) mass is 364 g/mol. The van der Waals surface area contributed by atoms with Gasteiger partial charge in [-0.3, -0.25) is 4.79 Å². The fourth-order valence-corrected chi connectivity index (χ4v) is 3.78. The van der Waals surface area contributed by atoms with Crippen molar-refractivity contribution in [2.75, 3.05) is 20.3 Å². The molecular formula is C23H28N2O2. The number of rotatable bonds is 8. The Labute approximate surface area is 161 Å². The lowest BCUT2D eigenvalue weighted by atomic mass is 9.80. The summed E-state index contributed by atoms with van der Waals surface area (Å²) in [6.45, 7) is 3.28. The number of hydrogen-bond donors (Lipinski definition) is 1. The van der Waals surface area contributed by atoms with E-state index in [0.29, 0.717) is 19.6 Å². The van der Waals surface area contributed by atoms with Crippen LogP contribution in [0.25, 0.3) is 10.9 Å². The quantitative estimate of drug-likeness (QED) is 0.608. The van der Waals surface area contributed by atoms with Crippen molar-refractivity contribution in [3.05, 3.63) is 71.9 Å². The predicted octanol–water partition coefficient (Wildman–Crippen LogP) is 4.22. The summed E-state index contributed by atoms with van der Waals surface area (Å²) < 4.78 is 7.19. The van der Waals surface area contributed by atoms with E-state index in [9.17, 15) is 4.79 Å². The molecule has 0 saturated carbocycles. The Morgan fingerprint density at radius 2 is 1.81 bits per heavy atom. The highest BCUT2D eigenvalue weighted by molar-refractivity contribution is 5.86. The Morgan fingerprint density at radius 1 is 1.11 bits per heavy atom. The van der Waals surface area contributed by atoms with Crippen LogP contribution in [-0.2, 0) is 16.6 Å².